The second-order valence-electron chi connectivity index (χ2n) is 5.68. The van der Waals surface area contributed by atoms with Crippen LogP contribution in [0.25, 0.3) is 0 Å². The molecule has 0 fully saturated rings. The van der Waals surface area contributed by atoms with Crippen molar-refractivity contribution in [3.8, 4) is 0 Å². The van der Waals surface area contributed by atoms with Gasteiger partial charge in [0.1, 0.15) is 0 Å². The van der Waals surface area contributed by atoms with Gasteiger partial charge in [0.2, 0.25) is 0 Å². The standard InChI is InChI=1S/C20H28O3Se/c1-4-6-7-8-12-15-18(21)19(16(3)20(22)23-5-2)24-17-13-10-9-11-14-17/h9-11,13-14H,4-8,12,15H2,1-3H3/b19-16+. The molecule has 0 unspecified atom stereocenters. The number of esters is 1. The van der Waals surface area contributed by atoms with Gasteiger partial charge in [-0.3, -0.25) is 0 Å². The van der Waals surface area contributed by atoms with Gasteiger partial charge >= 0.3 is 152 Å². The van der Waals surface area contributed by atoms with Gasteiger partial charge in [-0.15, -0.1) is 0 Å². The Bertz CT molecular complexity index is 549. The van der Waals surface area contributed by atoms with Gasteiger partial charge in [0.25, 0.3) is 0 Å². The van der Waals surface area contributed by atoms with Crippen molar-refractivity contribution in [2.45, 2.75) is 59.3 Å². The molecule has 0 aliphatic carbocycles. The van der Waals surface area contributed by atoms with E-state index in [0.717, 1.165) is 17.3 Å². The molecular formula is C20H28O3Se. The number of hydrogen-bond acceptors (Lipinski definition) is 3. The Morgan fingerprint density at radius 3 is 2.29 bits per heavy atom. The summed E-state index contributed by atoms with van der Waals surface area (Å²) in [6.45, 7) is 6.00. The number of hydrogen-bond donors (Lipinski definition) is 0. The molecule has 0 saturated heterocycles. The fraction of sp³-hybridized carbons (Fsp3) is 0.500. The molecular weight excluding hydrogens is 367 g/mol. The minimum absolute atomic E-state index is 0.0981. The third kappa shape index (κ3) is 7.46. The molecule has 0 saturated carbocycles. The second-order valence-corrected chi connectivity index (χ2v) is 7.95. The predicted octanol–water partition coefficient (Wildman–Crippen LogP) is 3.78. The molecule has 0 bridgehead atoms. The summed E-state index contributed by atoms with van der Waals surface area (Å²) in [7, 11) is 0. The first kappa shape index (κ1) is 20.7. The fourth-order valence-electron chi connectivity index (χ4n) is 2.28. The molecule has 0 amide bonds. The van der Waals surface area contributed by atoms with Gasteiger partial charge in [-0.1, -0.05) is 0 Å². The molecule has 0 N–H and O–H groups in total. The minimum atomic E-state index is -0.371. The summed E-state index contributed by atoms with van der Waals surface area (Å²) in [4.78, 5) is 24.8. The maximum absolute atomic E-state index is 12.7. The van der Waals surface area contributed by atoms with E-state index in [4.69, 9.17) is 4.74 Å². The van der Waals surface area contributed by atoms with E-state index in [-0.39, 0.29) is 26.7 Å². The van der Waals surface area contributed by atoms with Crippen molar-refractivity contribution in [1.29, 1.82) is 0 Å². The monoisotopic (exact) mass is 396 g/mol. The van der Waals surface area contributed by atoms with Crippen LogP contribution in [0.2, 0.25) is 0 Å². The summed E-state index contributed by atoms with van der Waals surface area (Å²) in [5.41, 5.74) is 0.472. The number of rotatable bonds is 11. The van der Waals surface area contributed by atoms with Crippen molar-refractivity contribution >= 4 is 31.2 Å². The van der Waals surface area contributed by atoms with E-state index in [2.05, 4.69) is 6.92 Å². The number of allylic oxidation sites excluding steroid dienone is 1. The SMILES string of the molecule is CCCCCCCC(=O)/C([Se]c1ccccc1)=C(/C)C(=O)OCC. The number of ether oxygens (including phenoxy) is 1. The summed E-state index contributed by atoms with van der Waals surface area (Å²) < 4.78 is 6.85. The molecule has 0 atom stereocenters. The molecule has 0 radical (unpaired) electrons. The van der Waals surface area contributed by atoms with Crippen LogP contribution in [0.1, 0.15) is 59.3 Å². The Kier molecular flexibility index (Phi) is 10.4. The molecule has 0 aliphatic rings. The predicted molar refractivity (Wildman–Crippen MR) is 99.5 cm³/mol. The van der Waals surface area contributed by atoms with Gasteiger partial charge in [0.05, 0.1) is 0 Å². The van der Waals surface area contributed by atoms with E-state index < -0.39 is 0 Å². The first-order chi connectivity index (χ1) is 11.6. The quantitative estimate of drug-likeness (QED) is 0.248. The van der Waals surface area contributed by atoms with Crippen LogP contribution >= 0.6 is 0 Å². The van der Waals surface area contributed by atoms with Crippen LogP contribution in [0, 0.1) is 0 Å². The molecule has 1 aromatic rings. The van der Waals surface area contributed by atoms with E-state index >= 15 is 0 Å². The molecule has 0 heterocycles. The van der Waals surface area contributed by atoms with Gasteiger partial charge in [0.15, 0.2) is 0 Å². The van der Waals surface area contributed by atoms with Crippen molar-refractivity contribution in [3.05, 3.63) is 40.4 Å². The third-order valence-electron chi connectivity index (χ3n) is 3.65. The van der Waals surface area contributed by atoms with Gasteiger partial charge in [0, 0.05) is 0 Å². The maximum atomic E-state index is 12.7. The zero-order valence-electron chi connectivity index (χ0n) is 15.0. The molecule has 132 valence electrons. The zero-order valence-corrected chi connectivity index (χ0v) is 16.7. The average molecular weight is 395 g/mol. The number of carbonyl (C=O) groups is 2. The van der Waals surface area contributed by atoms with E-state index in [9.17, 15) is 9.59 Å². The molecule has 3 nitrogen and oxygen atoms in total. The molecule has 1 aromatic carbocycles. The van der Waals surface area contributed by atoms with Gasteiger partial charge < -0.3 is 0 Å². The summed E-state index contributed by atoms with van der Waals surface area (Å²) in [5, 5.41) is 0. The van der Waals surface area contributed by atoms with Gasteiger partial charge in [-0.25, -0.2) is 0 Å². The van der Waals surface area contributed by atoms with Gasteiger partial charge in [-0.2, -0.15) is 0 Å². The van der Waals surface area contributed by atoms with E-state index in [1.54, 1.807) is 13.8 Å². The third-order valence-corrected chi connectivity index (χ3v) is 6.26. The molecule has 0 aromatic heterocycles. The Balaban J connectivity index is 2.82. The van der Waals surface area contributed by atoms with Crippen LogP contribution in [0.5, 0.6) is 0 Å². The van der Waals surface area contributed by atoms with Gasteiger partial charge in [-0.05, 0) is 0 Å². The molecule has 24 heavy (non-hydrogen) atoms. The summed E-state index contributed by atoms with van der Waals surface area (Å²) in [5.74, 6) is -0.273. The molecule has 1 rings (SSSR count). The number of unbranched alkanes of at least 4 members (excludes halogenated alkanes) is 4. The second kappa shape index (κ2) is 12.0. The molecule has 0 spiro atoms. The van der Waals surface area contributed by atoms with Crippen LogP contribution in [-0.4, -0.2) is 33.3 Å². The summed E-state index contributed by atoms with van der Waals surface area (Å²) >= 11 is -0.168. The normalized spacial score (nSPS) is 11.8. The number of benzene rings is 1. The summed E-state index contributed by atoms with van der Waals surface area (Å²) in [6, 6.07) is 9.89. The number of ketones is 1. The summed E-state index contributed by atoms with van der Waals surface area (Å²) in [6.07, 6.45) is 6.06. The van der Waals surface area contributed by atoms with E-state index in [1.807, 2.05) is 30.3 Å². The Morgan fingerprint density at radius 1 is 1.00 bits per heavy atom. The van der Waals surface area contributed by atoms with Crippen LogP contribution in [-0.2, 0) is 14.3 Å². The van der Waals surface area contributed by atoms with E-state index in [0.29, 0.717) is 23.1 Å². The first-order valence-electron chi connectivity index (χ1n) is 8.74. The van der Waals surface area contributed by atoms with Crippen molar-refractivity contribution in [3.63, 3.8) is 0 Å². The molecule has 4 heteroatoms. The Labute approximate surface area is 152 Å². The zero-order chi connectivity index (χ0) is 17.8. The van der Waals surface area contributed by atoms with Crippen LogP contribution in [0.15, 0.2) is 40.4 Å². The van der Waals surface area contributed by atoms with E-state index in [1.165, 1.54) is 19.3 Å². The molecule has 0 aliphatic heterocycles. The number of carbonyl (C=O) groups excluding carboxylic acids is 2. The van der Waals surface area contributed by atoms with Crippen LogP contribution in [0.3, 0.4) is 0 Å². The fourth-order valence-corrected chi connectivity index (χ4v) is 4.34. The van der Waals surface area contributed by atoms with Crippen LogP contribution < -0.4 is 4.46 Å². The van der Waals surface area contributed by atoms with Crippen LogP contribution in [0.4, 0.5) is 0 Å². The topological polar surface area (TPSA) is 43.4 Å². The van der Waals surface area contributed by atoms with Crippen molar-refractivity contribution in [1.82, 2.24) is 0 Å². The van der Waals surface area contributed by atoms with Crippen molar-refractivity contribution in [2.24, 2.45) is 0 Å². The Hall–Kier alpha value is -1.38. The van der Waals surface area contributed by atoms with Crippen molar-refractivity contribution < 1.29 is 14.3 Å². The first-order valence-corrected chi connectivity index (χ1v) is 10.5. The number of Topliss-reactive ketones (excluding diaryl/α,β-unsaturated/α-hetero) is 1. The Morgan fingerprint density at radius 2 is 1.67 bits per heavy atom. The average Bonchev–Trinajstić information content (AvgIpc) is 2.60. The van der Waals surface area contributed by atoms with Crippen molar-refractivity contribution in [2.75, 3.05) is 6.61 Å².